The molecule has 0 radical (unpaired) electrons. The van der Waals surface area contributed by atoms with Crippen LogP contribution in [0, 0.1) is 12.8 Å². The lowest BCUT2D eigenvalue weighted by atomic mass is 9.79. The number of anilines is 2. The van der Waals surface area contributed by atoms with Crippen molar-refractivity contribution in [3.05, 3.63) is 58.1 Å². The first-order valence-electron chi connectivity index (χ1n) is 12.8. The molecular formula is C29H36ClN3O3. The van der Waals surface area contributed by atoms with E-state index in [2.05, 4.69) is 23.5 Å². The van der Waals surface area contributed by atoms with Crippen LogP contribution in [0.3, 0.4) is 0 Å². The van der Waals surface area contributed by atoms with Crippen LogP contribution in [0.25, 0.3) is 0 Å². The average molecular weight is 510 g/mol. The first-order valence-corrected chi connectivity index (χ1v) is 13.2. The number of ether oxygens (including phenoxy) is 1. The molecule has 1 N–H and O–H groups in total. The van der Waals surface area contributed by atoms with E-state index >= 15 is 0 Å². The van der Waals surface area contributed by atoms with Gasteiger partial charge in [0.2, 0.25) is 5.91 Å². The van der Waals surface area contributed by atoms with Crippen LogP contribution < -0.4 is 10.2 Å². The van der Waals surface area contributed by atoms with Gasteiger partial charge in [-0.25, -0.2) is 4.79 Å². The van der Waals surface area contributed by atoms with E-state index in [-0.39, 0.29) is 12.0 Å². The third kappa shape index (κ3) is 4.34. The highest BCUT2D eigenvalue weighted by Crippen LogP contribution is 2.46. The molecule has 6 nitrogen and oxygen atoms in total. The van der Waals surface area contributed by atoms with E-state index in [4.69, 9.17) is 16.3 Å². The van der Waals surface area contributed by atoms with Gasteiger partial charge in [0.15, 0.2) is 0 Å². The van der Waals surface area contributed by atoms with Gasteiger partial charge >= 0.3 is 6.09 Å². The summed E-state index contributed by atoms with van der Waals surface area (Å²) in [6, 6.07) is 12.1. The summed E-state index contributed by atoms with van der Waals surface area (Å²) in [4.78, 5) is 29.8. The second-order valence-corrected chi connectivity index (χ2v) is 12.6. The van der Waals surface area contributed by atoms with Gasteiger partial charge in [-0.05, 0) is 95.2 Å². The summed E-state index contributed by atoms with van der Waals surface area (Å²) in [5.41, 5.74) is 3.42. The molecule has 0 aromatic heterocycles. The van der Waals surface area contributed by atoms with E-state index in [0.29, 0.717) is 24.0 Å². The number of nitrogens with zero attached hydrogens (tertiary/aromatic N) is 2. The van der Waals surface area contributed by atoms with Crippen molar-refractivity contribution in [2.24, 2.45) is 5.92 Å². The number of hydrogen-bond donors (Lipinski definition) is 1. The molecule has 0 atom stereocenters. The van der Waals surface area contributed by atoms with Gasteiger partial charge < -0.3 is 19.9 Å². The van der Waals surface area contributed by atoms with Gasteiger partial charge in [0.05, 0.1) is 24.0 Å². The lowest BCUT2D eigenvalue weighted by molar-refractivity contribution is -0.122. The highest BCUT2D eigenvalue weighted by atomic mass is 35.5. The quantitative estimate of drug-likeness (QED) is 0.518. The summed E-state index contributed by atoms with van der Waals surface area (Å²) < 4.78 is 5.62. The Morgan fingerprint density at radius 1 is 1.14 bits per heavy atom. The van der Waals surface area contributed by atoms with Gasteiger partial charge in [-0.2, -0.15) is 0 Å². The minimum atomic E-state index is -0.556. The predicted octanol–water partition coefficient (Wildman–Crippen LogP) is 6.24. The van der Waals surface area contributed by atoms with Crippen molar-refractivity contribution in [3.63, 3.8) is 0 Å². The summed E-state index contributed by atoms with van der Waals surface area (Å²) >= 11 is 6.51. The van der Waals surface area contributed by atoms with Crippen LogP contribution in [0.2, 0.25) is 5.02 Å². The summed E-state index contributed by atoms with van der Waals surface area (Å²) in [5.74, 6) is 0.767. The van der Waals surface area contributed by atoms with Crippen LogP contribution in [-0.2, 0) is 20.5 Å². The van der Waals surface area contributed by atoms with Crippen LogP contribution in [0.15, 0.2) is 36.4 Å². The number of hydrogen-bond acceptors (Lipinski definition) is 4. The highest BCUT2D eigenvalue weighted by molar-refractivity contribution is 6.31. The summed E-state index contributed by atoms with van der Waals surface area (Å²) in [7, 11) is 0. The number of amides is 2. The molecule has 5 rings (SSSR count). The maximum absolute atomic E-state index is 13.3. The van der Waals surface area contributed by atoms with E-state index in [1.807, 2.05) is 64.6 Å². The lowest BCUT2D eigenvalue weighted by Crippen LogP contribution is -2.65. The smallest absolute Gasteiger partial charge is 0.410 e. The first kappa shape index (κ1) is 24.9. The zero-order valence-corrected chi connectivity index (χ0v) is 22.8. The van der Waals surface area contributed by atoms with Crippen LogP contribution >= 0.6 is 11.6 Å². The fourth-order valence-electron chi connectivity index (χ4n) is 5.44. The normalized spacial score (nSPS) is 20.1. The molecule has 2 amide bonds. The molecule has 0 bridgehead atoms. The standard InChI is InChI=1S/C29H36ClN3O3/c1-18-21(8-7-9-23(18)30)29(16-32(17-29)26(35)36-27(2,3)4)31-20-12-13-22-24(14-20)33(15-19-10-11-19)25(34)28(22,5)6/h7-9,12-14,19,31H,10-11,15-17H2,1-6H3. The number of nitrogens with one attached hydrogen (secondary N) is 1. The Morgan fingerprint density at radius 3 is 2.47 bits per heavy atom. The predicted molar refractivity (Wildman–Crippen MR) is 144 cm³/mol. The topological polar surface area (TPSA) is 61.9 Å². The molecule has 2 aromatic rings. The number of halogens is 1. The molecule has 1 saturated heterocycles. The van der Waals surface area contributed by atoms with Crippen molar-refractivity contribution >= 4 is 35.0 Å². The Labute approximate surface area is 218 Å². The third-order valence-corrected chi connectivity index (χ3v) is 8.03. The molecule has 1 saturated carbocycles. The number of carbonyl (C=O) groups is 2. The summed E-state index contributed by atoms with van der Waals surface area (Å²) in [6.45, 7) is 13.3. The van der Waals surface area contributed by atoms with Crippen LogP contribution in [-0.4, -0.2) is 42.1 Å². The van der Waals surface area contributed by atoms with E-state index < -0.39 is 16.6 Å². The van der Waals surface area contributed by atoms with Gasteiger partial charge in [0, 0.05) is 22.9 Å². The number of carbonyl (C=O) groups excluding carboxylic acids is 2. The molecule has 2 aromatic carbocycles. The molecule has 36 heavy (non-hydrogen) atoms. The van der Waals surface area contributed by atoms with Crippen molar-refractivity contribution in [3.8, 4) is 0 Å². The molecule has 192 valence electrons. The molecule has 2 heterocycles. The van der Waals surface area contributed by atoms with Crippen molar-refractivity contribution in [2.75, 3.05) is 29.9 Å². The Bertz CT molecular complexity index is 1220. The summed E-state index contributed by atoms with van der Waals surface area (Å²) in [5, 5.41) is 4.43. The van der Waals surface area contributed by atoms with Gasteiger partial charge in [0.25, 0.3) is 0 Å². The zero-order chi connectivity index (χ0) is 26.0. The van der Waals surface area contributed by atoms with Gasteiger partial charge in [-0.15, -0.1) is 0 Å². The van der Waals surface area contributed by atoms with Crippen molar-refractivity contribution in [2.45, 2.75) is 70.9 Å². The average Bonchev–Trinajstić information content (AvgIpc) is 3.56. The Balaban J connectivity index is 1.47. The number of rotatable bonds is 5. The van der Waals surface area contributed by atoms with Crippen molar-refractivity contribution in [1.29, 1.82) is 0 Å². The molecule has 2 fully saturated rings. The molecule has 0 spiro atoms. The van der Waals surface area contributed by atoms with Crippen LogP contribution in [0.1, 0.15) is 64.2 Å². The van der Waals surface area contributed by atoms with Crippen molar-refractivity contribution in [1.82, 2.24) is 4.90 Å². The fraction of sp³-hybridized carbons (Fsp3) is 0.517. The molecule has 2 aliphatic heterocycles. The zero-order valence-electron chi connectivity index (χ0n) is 22.1. The number of benzene rings is 2. The molecular weight excluding hydrogens is 474 g/mol. The molecule has 1 aliphatic carbocycles. The van der Waals surface area contributed by atoms with Gasteiger partial charge in [0.1, 0.15) is 5.60 Å². The fourth-order valence-corrected chi connectivity index (χ4v) is 5.62. The molecule has 3 aliphatic rings. The second kappa shape index (κ2) is 8.41. The maximum Gasteiger partial charge on any atom is 0.410 e. The van der Waals surface area contributed by atoms with E-state index in [1.165, 1.54) is 12.8 Å². The van der Waals surface area contributed by atoms with Gasteiger partial charge in [-0.3, -0.25) is 4.79 Å². The third-order valence-electron chi connectivity index (χ3n) is 7.62. The van der Waals surface area contributed by atoms with Gasteiger partial charge in [-0.1, -0.05) is 29.8 Å². The molecule has 7 heteroatoms. The Kier molecular flexibility index (Phi) is 5.82. The van der Waals surface area contributed by atoms with Crippen molar-refractivity contribution < 1.29 is 14.3 Å². The SMILES string of the molecule is Cc1c(Cl)cccc1C1(Nc2ccc3c(c2)N(CC2CC2)C(=O)C3(C)C)CN(C(=O)OC(C)(C)C)C1. The minimum Gasteiger partial charge on any atom is -0.444 e. The number of likely N-dealkylation sites (tertiary alicyclic amines) is 1. The molecule has 0 unspecified atom stereocenters. The monoisotopic (exact) mass is 509 g/mol. The highest BCUT2D eigenvalue weighted by Gasteiger charge is 2.50. The summed E-state index contributed by atoms with van der Waals surface area (Å²) in [6.07, 6.45) is 2.06. The Morgan fingerprint density at radius 2 is 1.83 bits per heavy atom. The van der Waals surface area contributed by atoms with E-state index in [1.54, 1.807) is 4.90 Å². The number of fused-ring (bicyclic) bond motifs is 1. The Hall–Kier alpha value is -2.73. The second-order valence-electron chi connectivity index (χ2n) is 12.2. The first-order chi connectivity index (χ1) is 16.8. The van der Waals surface area contributed by atoms with Crippen LogP contribution in [0.5, 0.6) is 0 Å². The van der Waals surface area contributed by atoms with Crippen LogP contribution in [0.4, 0.5) is 16.2 Å². The maximum atomic E-state index is 13.3. The lowest BCUT2D eigenvalue weighted by Gasteiger charge is -2.51. The largest absolute Gasteiger partial charge is 0.444 e. The minimum absolute atomic E-state index is 0.168. The van der Waals surface area contributed by atoms with E-state index in [0.717, 1.165) is 34.6 Å². The van der Waals surface area contributed by atoms with E-state index in [9.17, 15) is 9.59 Å².